The second-order valence-electron chi connectivity index (χ2n) is 4.33. The van der Waals surface area contributed by atoms with E-state index >= 15 is 0 Å². The Balaban J connectivity index is 2.10. The highest BCUT2D eigenvalue weighted by atomic mass is 35.5. The van der Waals surface area contributed by atoms with E-state index in [0.29, 0.717) is 11.9 Å². The number of nitrogens with one attached hydrogen (secondary N) is 1. The van der Waals surface area contributed by atoms with Crippen molar-refractivity contribution in [2.75, 3.05) is 5.32 Å². The van der Waals surface area contributed by atoms with Gasteiger partial charge in [0.15, 0.2) is 0 Å². The Labute approximate surface area is 105 Å². The van der Waals surface area contributed by atoms with Crippen LogP contribution in [-0.2, 0) is 0 Å². The number of rotatable bonds is 3. The first-order valence-corrected chi connectivity index (χ1v) is 6.20. The third-order valence-corrected chi connectivity index (χ3v) is 3.34. The largest absolute Gasteiger partial charge is 0.478 e. The van der Waals surface area contributed by atoms with Crippen LogP contribution in [0.1, 0.15) is 42.5 Å². The molecular formula is C12H15ClN2O2. The van der Waals surface area contributed by atoms with Gasteiger partial charge in [0.1, 0.15) is 5.82 Å². The van der Waals surface area contributed by atoms with E-state index < -0.39 is 5.97 Å². The fourth-order valence-electron chi connectivity index (χ4n) is 2.14. The SMILES string of the molecule is O=C(O)c1cc(NC2CCCCC2)ncc1Cl. The summed E-state index contributed by atoms with van der Waals surface area (Å²) in [5.41, 5.74) is 0.0972. The Morgan fingerprint density at radius 1 is 1.41 bits per heavy atom. The summed E-state index contributed by atoms with van der Waals surface area (Å²) in [5, 5.41) is 12.4. The van der Waals surface area contributed by atoms with E-state index in [1.165, 1.54) is 31.5 Å². The van der Waals surface area contributed by atoms with Crippen LogP contribution in [0.25, 0.3) is 0 Å². The van der Waals surface area contributed by atoms with E-state index in [0.717, 1.165) is 12.8 Å². The Morgan fingerprint density at radius 3 is 2.76 bits per heavy atom. The van der Waals surface area contributed by atoms with Crippen LogP contribution in [0.4, 0.5) is 5.82 Å². The maximum absolute atomic E-state index is 10.9. The summed E-state index contributed by atoms with van der Waals surface area (Å²) in [6.45, 7) is 0. The van der Waals surface area contributed by atoms with Gasteiger partial charge < -0.3 is 10.4 Å². The highest BCUT2D eigenvalue weighted by Crippen LogP contribution is 2.23. The van der Waals surface area contributed by atoms with Gasteiger partial charge in [-0.05, 0) is 18.9 Å². The maximum Gasteiger partial charge on any atom is 0.337 e. The first-order chi connectivity index (χ1) is 8.16. The van der Waals surface area contributed by atoms with Crippen molar-refractivity contribution in [3.63, 3.8) is 0 Å². The molecule has 1 fully saturated rings. The lowest BCUT2D eigenvalue weighted by Gasteiger charge is -2.23. The molecule has 0 spiro atoms. The topological polar surface area (TPSA) is 62.2 Å². The van der Waals surface area contributed by atoms with Gasteiger partial charge in [0.2, 0.25) is 0 Å². The standard InChI is InChI=1S/C12H15ClN2O2/c13-10-7-14-11(6-9(10)12(16)17)15-8-4-2-1-3-5-8/h6-8H,1-5H2,(H,14,15)(H,16,17). The minimum atomic E-state index is -1.02. The molecule has 1 aromatic rings. The molecule has 0 atom stereocenters. The van der Waals surface area contributed by atoms with Crippen LogP contribution in [0.15, 0.2) is 12.3 Å². The van der Waals surface area contributed by atoms with E-state index in [1.807, 2.05) is 0 Å². The van der Waals surface area contributed by atoms with Gasteiger partial charge in [0.25, 0.3) is 0 Å². The van der Waals surface area contributed by atoms with Crippen LogP contribution < -0.4 is 5.32 Å². The average molecular weight is 255 g/mol. The number of hydrogen-bond donors (Lipinski definition) is 2. The molecule has 5 heteroatoms. The molecule has 0 saturated heterocycles. The lowest BCUT2D eigenvalue weighted by molar-refractivity contribution is 0.0697. The molecule has 1 aliphatic rings. The molecule has 1 saturated carbocycles. The summed E-state index contributed by atoms with van der Waals surface area (Å²) in [6.07, 6.45) is 7.34. The molecule has 92 valence electrons. The van der Waals surface area contributed by atoms with E-state index in [4.69, 9.17) is 16.7 Å². The quantitative estimate of drug-likeness (QED) is 0.870. The molecule has 4 nitrogen and oxygen atoms in total. The van der Waals surface area contributed by atoms with E-state index in [9.17, 15) is 4.79 Å². The fourth-order valence-corrected chi connectivity index (χ4v) is 2.32. The first kappa shape index (κ1) is 12.2. The number of halogens is 1. The molecule has 0 amide bonds. The van der Waals surface area contributed by atoms with Crippen LogP contribution in [0.3, 0.4) is 0 Å². The Hall–Kier alpha value is -1.29. The maximum atomic E-state index is 10.9. The number of aromatic carboxylic acids is 1. The highest BCUT2D eigenvalue weighted by molar-refractivity contribution is 6.33. The predicted octanol–water partition coefficient (Wildman–Crippen LogP) is 3.18. The van der Waals surface area contributed by atoms with E-state index in [2.05, 4.69) is 10.3 Å². The van der Waals surface area contributed by atoms with E-state index in [-0.39, 0.29) is 10.6 Å². The third-order valence-electron chi connectivity index (χ3n) is 3.04. The summed E-state index contributed by atoms with van der Waals surface area (Å²) in [4.78, 5) is 15.0. The fraction of sp³-hybridized carbons (Fsp3) is 0.500. The van der Waals surface area contributed by atoms with Crippen molar-refractivity contribution in [1.29, 1.82) is 0 Å². The summed E-state index contributed by atoms with van der Waals surface area (Å²) < 4.78 is 0. The molecule has 2 rings (SSSR count). The van der Waals surface area contributed by atoms with Gasteiger partial charge >= 0.3 is 5.97 Å². The van der Waals surface area contributed by atoms with Gasteiger partial charge in [0.05, 0.1) is 10.6 Å². The molecule has 1 aromatic heterocycles. The minimum absolute atomic E-state index is 0.0972. The van der Waals surface area contributed by atoms with Crippen molar-refractivity contribution in [3.8, 4) is 0 Å². The van der Waals surface area contributed by atoms with Crippen LogP contribution in [0.5, 0.6) is 0 Å². The number of aromatic nitrogens is 1. The molecule has 1 aliphatic carbocycles. The number of pyridine rings is 1. The predicted molar refractivity (Wildman–Crippen MR) is 66.7 cm³/mol. The molecular weight excluding hydrogens is 240 g/mol. The van der Waals surface area contributed by atoms with E-state index in [1.54, 1.807) is 0 Å². The van der Waals surface area contributed by atoms with Crippen LogP contribution in [0.2, 0.25) is 5.02 Å². The normalized spacial score (nSPS) is 16.8. The molecule has 0 bridgehead atoms. The molecule has 0 aromatic carbocycles. The molecule has 0 unspecified atom stereocenters. The summed E-state index contributed by atoms with van der Waals surface area (Å²) >= 11 is 5.76. The van der Waals surface area contributed by atoms with Crippen molar-refractivity contribution in [1.82, 2.24) is 4.98 Å². The molecule has 2 N–H and O–H groups in total. The second-order valence-corrected chi connectivity index (χ2v) is 4.74. The second kappa shape index (κ2) is 5.36. The summed E-state index contributed by atoms with van der Waals surface area (Å²) in [7, 11) is 0. The van der Waals surface area contributed by atoms with Crippen molar-refractivity contribution >= 4 is 23.4 Å². The number of carboxylic acid groups (broad SMARTS) is 1. The zero-order chi connectivity index (χ0) is 12.3. The number of hydrogen-bond acceptors (Lipinski definition) is 3. The molecule has 0 radical (unpaired) electrons. The third kappa shape index (κ3) is 3.09. The van der Waals surface area contributed by atoms with Gasteiger partial charge in [-0.3, -0.25) is 0 Å². The minimum Gasteiger partial charge on any atom is -0.478 e. The summed E-state index contributed by atoms with van der Waals surface area (Å²) in [5.74, 6) is -0.428. The number of carbonyl (C=O) groups is 1. The lowest BCUT2D eigenvalue weighted by Crippen LogP contribution is -2.23. The zero-order valence-corrected chi connectivity index (χ0v) is 10.2. The Kier molecular flexibility index (Phi) is 3.84. The highest BCUT2D eigenvalue weighted by Gasteiger charge is 2.15. The average Bonchev–Trinajstić information content (AvgIpc) is 2.32. The summed E-state index contributed by atoms with van der Waals surface area (Å²) in [6, 6.07) is 1.90. The van der Waals surface area contributed by atoms with Gasteiger partial charge in [0, 0.05) is 12.2 Å². The van der Waals surface area contributed by atoms with Gasteiger partial charge in [-0.15, -0.1) is 0 Å². The number of anilines is 1. The van der Waals surface area contributed by atoms with Crippen LogP contribution >= 0.6 is 11.6 Å². The van der Waals surface area contributed by atoms with Crippen molar-refractivity contribution in [3.05, 3.63) is 22.8 Å². The Morgan fingerprint density at radius 2 is 2.12 bits per heavy atom. The van der Waals surface area contributed by atoms with Gasteiger partial charge in [-0.2, -0.15) is 0 Å². The zero-order valence-electron chi connectivity index (χ0n) is 9.45. The number of nitrogens with zero attached hydrogens (tertiary/aromatic N) is 1. The first-order valence-electron chi connectivity index (χ1n) is 5.82. The lowest BCUT2D eigenvalue weighted by atomic mass is 9.95. The van der Waals surface area contributed by atoms with Crippen LogP contribution in [-0.4, -0.2) is 22.1 Å². The van der Waals surface area contributed by atoms with Crippen LogP contribution in [0, 0.1) is 0 Å². The monoisotopic (exact) mass is 254 g/mol. The van der Waals surface area contributed by atoms with Gasteiger partial charge in [-0.25, -0.2) is 9.78 Å². The van der Waals surface area contributed by atoms with Crippen molar-refractivity contribution in [2.24, 2.45) is 0 Å². The van der Waals surface area contributed by atoms with Crippen molar-refractivity contribution in [2.45, 2.75) is 38.1 Å². The van der Waals surface area contributed by atoms with Crippen molar-refractivity contribution < 1.29 is 9.90 Å². The smallest absolute Gasteiger partial charge is 0.337 e. The molecule has 1 heterocycles. The molecule has 0 aliphatic heterocycles. The number of carboxylic acids is 1. The molecule has 17 heavy (non-hydrogen) atoms. The Bertz CT molecular complexity index is 417. The van der Waals surface area contributed by atoms with Gasteiger partial charge in [-0.1, -0.05) is 30.9 Å².